The van der Waals surface area contributed by atoms with Crippen molar-refractivity contribution in [1.29, 1.82) is 0 Å². The Morgan fingerprint density at radius 3 is 2.00 bits per heavy atom. The van der Waals surface area contributed by atoms with Gasteiger partial charge in [0, 0.05) is 0 Å². The van der Waals surface area contributed by atoms with Gasteiger partial charge in [-0.1, -0.05) is 96.0 Å². The summed E-state index contributed by atoms with van der Waals surface area (Å²) in [5, 5.41) is 0.331. The van der Waals surface area contributed by atoms with Gasteiger partial charge in [0.15, 0.2) is 0 Å². The van der Waals surface area contributed by atoms with Crippen LogP contribution >= 0.6 is 26.2 Å². The number of rotatable bonds is 11. The molecule has 0 saturated carbocycles. The van der Waals surface area contributed by atoms with E-state index in [0.717, 1.165) is 5.92 Å². The summed E-state index contributed by atoms with van der Waals surface area (Å²) in [4.78, 5) is 0. The molecule has 0 heterocycles. The molecule has 0 aliphatic heterocycles. The summed E-state index contributed by atoms with van der Waals surface area (Å²) in [6.45, 7) is 7.02. The van der Waals surface area contributed by atoms with Crippen LogP contribution in [0.1, 0.15) is 77.7 Å². The van der Waals surface area contributed by atoms with Gasteiger partial charge in [-0.05, 0) is 29.5 Å². The Labute approximate surface area is 151 Å². The SMILES string of the molecule is Br.CCCCCCCCCC(Cc1ccccc1)C(C)(C)P. The third kappa shape index (κ3) is 10.0. The smallest absolute Gasteiger partial charge is 0.0175 e. The van der Waals surface area contributed by atoms with Gasteiger partial charge in [-0.3, -0.25) is 0 Å². The highest BCUT2D eigenvalue weighted by molar-refractivity contribution is 8.93. The first kappa shape index (κ1) is 22.1. The van der Waals surface area contributed by atoms with Crippen LogP contribution in [-0.2, 0) is 6.42 Å². The normalized spacial score (nSPS) is 12.7. The van der Waals surface area contributed by atoms with Crippen molar-refractivity contribution in [2.75, 3.05) is 0 Å². The third-order valence-corrected chi connectivity index (χ3v) is 5.00. The maximum atomic E-state index is 3.07. The van der Waals surface area contributed by atoms with Crippen LogP contribution in [0, 0.1) is 5.92 Å². The maximum absolute atomic E-state index is 3.07. The highest BCUT2D eigenvalue weighted by Crippen LogP contribution is 2.33. The minimum Gasteiger partial charge on any atom is -0.131 e. The van der Waals surface area contributed by atoms with Crippen molar-refractivity contribution in [1.82, 2.24) is 0 Å². The molecule has 0 aliphatic carbocycles. The van der Waals surface area contributed by atoms with Crippen LogP contribution in [0.15, 0.2) is 30.3 Å². The van der Waals surface area contributed by atoms with Gasteiger partial charge >= 0.3 is 0 Å². The lowest BCUT2D eigenvalue weighted by atomic mass is 9.84. The van der Waals surface area contributed by atoms with Crippen LogP contribution in [0.4, 0.5) is 0 Å². The first-order chi connectivity index (χ1) is 10.0. The van der Waals surface area contributed by atoms with Gasteiger partial charge in [-0.15, -0.1) is 26.2 Å². The van der Waals surface area contributed by atoms with E-state index in [4.69, 9.17) is 0 Å². The van der Waals surface area contributed by atoms with Gasteiger partial charge in [0.25, 0.3) is 0 Å². The van der Waals surface area contributed by atoms with Crippen LogP contribution in [0.5, 0.6) is 0 Å². The third-order valence-electron chi connectivity index (χ3n) is 4.53. The highest BCUT2D eigenvalue weighted by Gasteiger charge is 2.24. The fraction of sp³-hybridized carbons (Fsp3) is 0.700. The predicted molar refractivity (Wildman–Crippen MR) is 110 cm³/mol. The average Bonchev–Trinajstić information content (AvgIpc) is 2.45. The largest absolute Gasteiger partial charge is 0.131 e. The molecule has 0 bridgehead atoms. The van der Waals surface area contributed by atoms with E-state index in [9.17, 15) is 0 Å². The fourth-order valence-corrected chi connectivity index (χ4v) is 3.27. The van der Waals surface area contributed by atoms with Crippen molar-refractivity contribution in [2.45, 2.75) is 83.7 Å². The number of halogens is 1. The maximum Gasteiger partial charge on any atom is -0.0175 e. The van der Waals surface area contributed by atoms with Crippen molar-refractivity contribution >= 4 is 26.2 Å². The minimum atomic E-state index is 0. The van der Waals surface area contributed by atoms with E-state index in [-0.39, 0.29) is 17.0 Å². The molecule has 2 unspecified atom stereocenters. The summed E-state index contributed by atoms with van der Waals surface area (Å²) in [6.07, 6.45) is 12.4. The van der Waals surface area contributed by atoms with Gasteiger partial charge in [-0.2, -0.15) is 0 Å². The van der Waals surface area contributed by atoms with Crippen molar-refractivity contribution in [3.63, 3.8) is 0 Å². The lowest BCUT2D eigenvalue weighted by Gasteiger charge is -2.31. The second-order valence-corrected chi connectivity index (χ2v) is 8.61. The van der Waals surface area contributed by atoms with Crippen LogP contribution in [-0.4, -0.2) is 5.16 Å². The summed E-state index contributed by atoms with van der Waals surface area (Å²) in [6, 6.07) is 11.0. The molecule has 1 rings (SSSR count). The lowest BCUT2D eigenvalue weighted by Crippen LogP contribution is -2.26. The van der Waals surface area contributed by atoms with E-state index in [0.29, 0.717) is 5.16 Å². The molecule has 0 aromatic heterocycles. The molecule has 0 aliphatic rings. The molecule has 0 N–H and O–H groups in total. The number of unbranched alkanes of at least 4 members (excludes halogenated alkanes) is 6. The molecule has 0 nitrogen and oxygen atoms in total. The van der Waals surface area contributed by atoms with E-state index in [2.05, 4.69) is 60.3 Å². The second-order valence-electron chi connectivity index (χ2n) is 7.12. The van der Waals surface area contributed by atoms with Gasteiger partial charge in [0.2, 0.25) is 0 Å². The van der Waals surface area contributed by atoms with E-state index in [1.165, 1.54) is 63.4 Å². The van der Waals surface area contributed by atoms with E-state index >= 15 is 0 Å². The molecule has 1 aromatic carbocycles. The Kier molecular flexibility index (Phi) is 12.6. The molecule has 0 radical (unpaired) electrons. The van der Waals surface area contributed by atoms with Crippen LogP contribution in [0.2, 0.25) is 0 Å². The van der Waals surface area contributed by atoms with Gasteiger partial charge in [0.1, 0.15) is 0 Å². The van der Waals surface area contributed by atoms with Crippen molar-refractivity contribution in [3.05, 3.63) is 35.9 Å². The molecule has 2 atom stereocenters. The lowest BCUT2D eigenvalue weighted by molar-refractivity contribution is 0.373. The Balaban J connectivity index is 0.00000441. The molecule has 0 amide bonds. The van der Waals surface area contributed by atoms with E-state index in [1.807, 2.05) is 0 Å². The van der Waals surface area contributed by atoms with Crippen molar-refractivity contribution in [2.24, 2.45) is 5.92 Å². The standard InChI is InChI=1S/C20H35P.BrH/c1-4-5-6-7-8-9-13-16-19(20(2,3)21)17-18-14-11-10-12-15-18;/h10-12,14-15,19H,4-9,13,16-17,21H2,1-3H3;1H. The zero-order valence-electron chi connectivity index (χ0n) is 14.8. The van der Waals surface area contributed by atoms with E-state index < -0.39 is 0 Å². The van der Waals surface area contributed by atoms with E-state index in [1.54, 1.807) is 0 Å². The zero-order chi connectivity index (χ0) is 15.6. The molecular formula is C20H36BrP. The topological polar surface area (TPSA) is 0 Å². The first-order valence-corrected chi connectivity index (χ1v) is 9.44. The monoisotopic (exact) mass is 386 g/mol. The molecule has 1 aromatic rings. The second kappa shape index (κ2) is 12.5. The zero-order valence-corrected chi connectivity index (χ0v) is 17.7. The molecule has 0 fully saturated rings. The molecule has 0 spiro atoms. The van der Waals surface area contributed by atoms with Crippen LogP contribution in [0.3, 0.4) is 0 Å². The summed E-state index contributed by atoms with van der Waals surface area (Å²) in [5.41, 5.74) is 1.49. The predicted octanol–water partition coefficient (Wildman–Crippen LogP) is 7.22. The molecule has 2 heteroatoms. The number of hydrogen-bond acceptors (Lipinski definition) is 0. The summed E-state index contributed by atoms with van der Waals surface area (Å²) in [5.74, 6) is 0.764. The van der Waals surface area contributed by atoms with Crippen molar-refractivity contribution < 1.29 is 0 Å². The summed E-state index contributed by atoms with van der Waals surface area (Å²) < 4.78 is 0. The Morgan fingerprint density at radius 1 is 0.909 bits per heavy atom. The van der Waals surface area contributed by atoms with Crippen molar-refractivity contribution in [3.8, 4) is 0 Å². The molecular weight excluding hydrogens is 351 g/mol. The van der Waals surface area contributed by atoms with Gasteiger partial charge in [0.05, 0.1) is 0 Å². The van der Waals surface area contributed by atoms with Gasteiger partial charge < -0.3 is 0 Å². The quantitative estimate of drug-likeness (QED) is 0.278. The molecule has 0 saturated heterocycles. The van der Waals surface area contributed by atoms with Gasteiger partial charge in [-0.25, -0.2) is 0 Å². The van der Waals surface area contributed by atoms with Crippen LogP contribution in [0.25, 0.3) is 0 Å². The summed E-state index contributed by atoms with van der Waals surface area (Å²) in [7, 11) is 3.07. The Hall–Kier alpha value is 0.130. The minimum absolute atomic E-state index is 0. The van der Waals surface area contributed by atoms with Crippen LogP contribution < -0.4 is 0 Å². The fourth-order valence-electron chi connectivity index (χ4n) is 2.98. The molecule has 128 valence electrons. The number of hydrogen-bond donors (Lipinski definition) is 0. The number of benzene rings is 1. The molecule has 22 heavy (non-hydrogen) atoms. The highest BCUT2D eigenvalue weighted by atomic mass is 79.9. The average molecular weight is 387 g/mol. The first-order valence-electron chi connectivity index (χ1n) is 8.87. The summed E-state index contributed by atoms with van der Waals surface area (Å²) >= 11 is 0. The Bertz CT molecular complexity index is 356. The Morgan fingerprint density at radius 2 is 1.45 bits per heavy atom.